The van der Waals surface area contributed by atoms with Crippen molar-refractivity contribution in [2.45, 2.75) is 32.7 Å². The van der Waals surface area contributed by atoms with Gasteiger partial charge in [-0.1, -0.05) is 13.8 Å². The van der Waals surface area contributed by atoms with E-state index in [1.54, 1.807) is 0 Å². The molecule has 2 aromatic rings. The first-order chi connectivity index (χ1) is 9.43. The molecular weight excluding hydrogens is 272 g/mol. The number of thiophene rings is 1. The number of hydrogen-bond donors (Lipinski definition) is 2. The molecule has 0 saturated heterocycles. The molecule has 0 aliphatic heterocycles. The van der Waals surface area contributed by atoms with Crippen LogP contribution in [-0.4, -0.2) is 35.3 Å². The van der Waals surface area contributed by atoms with Crippen LogP contribution < -0.4 is 10.6 Å². The number of amides is 1. The highest BCUT2D eigenvalue weighted by Gasteiger charge is 2.18. The van der Waals surface area contributed by atoms with E-state index >= 15 is 0 Å². The fourth-order valence-corrected chi connectivity index (χ4v) is 3.04. The summed E-state index contributed by atoms with van der Waals surface area (Å²) in [6.45, 7) is 6.90. The van der Waals surface area contributed by atoms with Crippen LogP contribution in [0.2, 0.25) is 0 Å². The maximum absolute atomic E-state index is 12.2. The van der Waals surface area contributed by atoms with Gasteiger partial charge in [-0.15, -0.1) is 11.3 Å². The van der Waals surface area contributed by atoms with Gasteiger partial charge in [0, 0.05) is 25.0 Å². The molecule has 0 spiro atoms. The monoisotopic (exact) mass is 294 g/mol. The quantitative estimate of drug-likeness (QED) is 0.888. The zero-order valence-corrected chi connectivity index (χ0v) is 13.5. The number of likely N-dealkylation sites (N-methyl/N-ethyl adjacent to an activating group) is 1. The minimum absolute atomic E-state index is 0.0111. The van der Waals surface area contributed by atoms with Crippen molar-refractivity contribution in [3.05, 3.63) is 16.6 Å². The van der Waals surface area contributed by atoms with Crippen molar-refractivity contribution in [2.24, 2.45) is 7.05 Å². The van der Waals surface area contributed by atoms with Crippen LogP contribution in [0, 0.1) is 0 Å². The summed E-state index contributed by atoms with van der Waals surface area (Å²) in [6, 6.07) is 2.23. The van der Waals surface area contributed by atoms with Gasteiger partial charge >= 0.3 is 0 Å². The summed E-state index contributed by atoms with van der Waals surface area (Å²) in [5.74, 6) is 0.344. The molecule has 2 aromatic heterocycles. The lowest BCUT2D eigenvalue weighted by atomic mass is 10.1. The molecule has 0 aromatic carbocycles. The van der Waals surface area contributed by atoms with E-state index in [-0.39, 0.29) is 11.9 Å². The molecule has 0 radical (unpaired) electrons. The van der Waals surface area contributed by atoms with Crippen LogP contribution in [-0.2, 0) is 7.05 Å². The van der Waals surface area contributed by atoms with Crippen LogP contribution in [0.4, 0.5) is 0 Å². The van der Waals surface area contributed by atoms with Gasteiger partial charge in [-0.2, -0.15) is 5.10 Å². The highest BCUT2D eigenvalue weighted by molar-refractivity contribution is 7.20. The largest absolute Gasteiger partial charge is 0.350 e. The third kappa shape index (κ3) is 2.86. The molecule has 2 rings (SSSR count). The molecule has 2 heterocycles. The molecular formula is C14H22N4OS. The van der Waals surface area contributed by atoms with Gasteiger partial charge in [0.15, 0.2) is 0 Å². The molecule has 0 aliphatic rings. The van der Waals surface area contributed by atoms with Gasteiger partial charge in [0.2, 0.25) is 0 Å². The topological polar surface area (TPSA) is 58.9 Å². The van der Waals surface area contributed by atoms with Crippen LogP contribution in [0.3, 0.4) is 0 Å². The Hall–Kier alpha value is -1.40. The normalized spacial score (nSPS) is 13.1. The highest BCUT2D eigenvalue weighted by atomic mass is 32.1. The molecule has 0 bridgehead atoms. The van der Waals surface area contributed by atoms with Gasteiger partial charge in [-0.05, 0) is 26.0 Å². The molecule has 6 heteroatoms. The summed E-state index contributed by atoms with van der Waals surface area (Å²) in [7, 11) is 3.81. The number of carbonyl (C=O) groups excluding carboxylic acids is 1. The van der Waals surface area contributed by atoms with Crippen LogP contribution in [0.5, 0.6) is 0 Å². The number of carbonyl (C=O) groups is 1. The third-order valence-electron chi connectivity index (χ3n) is 3.37. The molecule has 20 heavy (non-hydrogen) atoms. The maximum Gasteiger partial charge on any atom is 0.261 e. The molecule has 2 N–H and O–H groups in total. The van der Waals surface area contributed by atoms with E-state index in [1.165, 1.54) is 11.3 Å². The van der Waals surface area contributed by atoms with E-state index in [1.807, 2.05) is 31.8 Å². The highest BCUT2D eigenvalue weighted by Crippen LogP contribution is 2.31. The molecule has 5 nitrogen and oxygen atoms in total. The van der Waals surface area contributed by atoms with E-state index in [9.17, 15) is 4.79 Å². The smallest absolute Gasteiger partial charge is 0.261 e. The zero-order valence-electron chi connectivity index (χ0n) is 12.7. The summed E-state index contributed by atoms with van der Waals surface area (Å²) < 4.78 is 1.86. The summed E-state index contributed by atoms with van der Waals surface area (Å²) in [4.78, 5) is 14.0. The number of fused-ring (bicyclic) bond motifs is 1. The first kappa shape index (κ1) is 15.0. The Morgan fingerprint density at radius 2 is 2.15 bits per heavy atom. The molecule has 1 atom stereocenters. The predicted octanol–water partition coefficient (Wildman–Crippen LogP) is 2.10. The van der Waals surface area contributed by atoms with Crippen LogP contribution in [0.1, 0.15) is 42.1 Å². The predicted molar refractivity (Wildman–Crippen MR) is 83.5 cm³/mol. The number of aryl methyl sites for hydroxylation is 1. The molecule has 0 fully saturated rings. The van der Waals surface area contributed by atoms with Crippen molar-refractivity contribution in [1.82, 2.24) is 20.4 Å². The second-order valence-corrected chi connectivity index (χ2v) is 6.42. The summed E-state index contributed by atoms with van der Waals surface area (Å²) in [6.07, 6.45) is 0. The Bertz CT molecular complexity index is 614. The van der Waals surface area contributed by atoms with Crippen molar-refractivity contribution in [2.75, 3.05) is 13.6 Å². The lowest BCUT2D eigenvalue weighted by Gasteiger charge is -2.10. The van der Waals surface area contributed by atoms with Crippen LogP contribution in [0.25, 0.3) is 10.2 Å². The van der Waals surface area contributed by atoms with Gasteiger partial charge in [-0.3, -0.25) is 9.48 Å². The van der Waals surface area contributed by atoms with Gasteiger partial charge < -0.3 is 10.6 Å². The van der Waals surface area contributed by atoms with Crippen molar-refractivity contribution in [3.8, 4) is 0 Å². The first-order valence-corrected chi connectivity index (χ1v) is 7.67. The second-order valence-electron chi connectivity index (χ2n) is 5.39. The Labute approximate surface area is 123 Å². The minimum Gasteiger partial charge on any atom is -0.350 e. The van der Waals surface area contributed by atoms with Crippen molar-refractivity contribution in [3.63, 3.8) is 0 Å². The maximum atomic E-state index is 12.2. The number of hydrogen-bond acceptors (Lipinski definition) is 4. The van der Waals surface area contributed by atoms with Crippen molar-refractivity contribution in [1.29, 1.82) is 0 Å². The van der Waals surface area contributed by atoms with E-state index in [4.69, 9.17) is 0 Å². The summed E-state index contributed by atoms with van der Waals surface area (Å²) in [5.41, 5.74) is 1.06. The Morgan fingerprint density at radius 3 is 2.75 bits per heavy atom. The molecule has 0 saturated carbocycles. The van der Waals surface area contributed by atoms with Gasteiger partial charge in [0.05, 0.1) is 10.6 Å². The fourth-order valence-electron chi connectivity index (χ4n) is 2.04. The molecule has 1 amide bonds. The van der Waals surface area contributed by atoms with Crippen molar-refractivity contribution < 1.29 is 4.79 Å². The van der Waals surface area contributed by atoms with Gasteiger partial charge in [0.1, 0.15) is 4.83 Å². The lowest BCUT2D eigenvalue weighted by molar-refractivity contribution is 0.0954. The lowest BCUT2D eigenvalue weighted by Crippen LogP contribution is -2.36. The zero-order chi connectivity index (χ0) is 14.9. The average molecular weight is 294 g/mol. The molecule has 1 unspecified atom stereocenters. The minimum atomic E-state index is -0.0111. The first-order valence-electron chi connectivity index (χ1n) is 6.86. The van der Waals surface area contributed by atoms with E-state index in [0.717, 1.165) is 20.8 Å². The van der Waals surface area contributed by atoms with Crippen LogP contribution in [0.15, 0.2) is 6.07 Å². The Balaban J connectivity index is 2.23. The standard InChI is InChI=1S/C14H22N4OS/c1-8(2)12-10-6-11(20-14(10)18(5)17-12)13(19)16-7-9(3)15-4/h6,8-9,15H,7H2,1-5H3,(H,16,19). The Kier molecular flexibility index (Phi) is 4.45. The molecule has 0 aliphatic carbocycles. The number of aromatic nitrogens is 2. The average Bonchev–Trinajstić information content (AvgIpc) is 2.96. The van der Waals surface area contributed by atoms with Crippen molar-refractivity contribution >= 4 is 27.5 Å². The van der Waals surface area contributed by atoms with E-state index < -0.39 is 0 Å². The summed E-state index contributed by atoms with van der Waals surface area (Å²) in [5, 5.41) is 11.7. The van der Waals surface area contributed by atoms with Gasteiger partial charge in [-0.25, -0.2) is 0 Å². The number of nitrogens with zero attached hydrogens (tertiary/aromatic N) is 2. The third-order valence-corrected chi connectivity index (χ3v) is 4.57. The molecule has 110 valence electrons. The van der Waals surface area contributed by atoms with Crippen LogP contribution >= 0.6 is 11.3 Å². The number of nitrogens with one attached hydrogen (secondary N) is 2. The van der Waals surface area contributed by atoms with E-state index in [2.05, 4.69) is 29.6 Å². The summed E-state index contributed by atoms with van der Waals surface area (Å²) >= 11 is 1.50. The van der Waals surface area contributed by atoms with Gasteiger partial charge in [0.25, 0.3) is 5.91 Å². The number of rotatable bonds is 5. The van der Waals surface area contributed by atoms with E-state index in [0.29, 0.717) is 12.5 Å². The fraction of sp³-hybridized carbons (Fsp3) is 0.571. The second kappa shape index (κ2) is 5.93. The SMILES string of the molecule is CNC(C)CNC(=O)c1cc2c(C(C)C)nn(C)c2s1. The Morgan fingerprint density at radius 1 is 1.45 bits per heavy atom.